The lowest BCUT2D eigenvalue weighted by molar-refractivity contribution is 0.248. The molecule has 1 aromatic carbocycles. The topological polar surface area (TPSA) is 20.2 Å². The number of aliphatic hydroxyl groups excluding tert-OH is 1. The molecule has 0 amide bonds. The van der Waals surface area contributed by atoms with Gasteiger partial charge in [0.2, 0.25) is 0 Å². The van der Waals surface area contributed by atoms with Gasteiger partial charge in [-0.15, -0.1) is 0 Å². The van der Waals surface area contributed by atoms with Gasteiger partial charge in [-0.25, -0.2) is 0 Å². The van der Waals surface area contributed by atoms with E-state index in [-0.39, 0.29) is 0 Å². The standard InChI is InChI=1S/C12H16O/c13-8-7-10-5-6-11-3-1-2-4-12(11)9-10/h1-4,10,13H,5-9H2/t10-/m1/s1. The van der Waals surface area contributed by atoms with Crippen molar-refractivity contribution in [2.75, 3.05) is 6.61 Å². The van der Waals surface area contributed by atoms with Gasteiger partial charge in [-0.1, -0.05) is 24.3 Å². The first kappa shape index (κ1) is 8.76. The van der Waals surface area contributed by atoms with Crippen LogP contribution < -0.4 is 0 Å². The smallest absolute Gasteiger partial charge is 0.0433 e. The minimum atomic E-state index is 0.340. The fourth-order valence-corrected chi connectivity index (χ4v) is 2.20. The molecule has 2 rings (SSSR count). The van der Waals surface area contributed by atoms with E-state index in [9.17, 15) is 0 Å². The maximum absolute atomic E-state index is 8.87. The average Bonchev–Trinajstić information content (AvgIpc) is 2.18. The molecule has 1 aliphatic rings. The van der Waals surface area contributed by atoms with E-state index in [2.05, 4.69) is 24.3 Å². The first-order valence-corrected chi connectivity index (χ1v) is 5.08. The van der Waals surface area contributed by atoms with Gasteiger partial charge in [-0.3, -0.25) is 0 Å². The molecule has 1 N–H and O–H groups in total. The van der Waals surface area contributed by atoms with Crippen molar-refractivity contribution < 1.29 is 5.11 Å². The Balaban J connectivity index is 2.11. The third-order valence-corrected chi connectivity index (χ3v) is 2.99. The molecule has 0 bridgehead atoms. The predicted octanol–water partition coefficient (Wildman–Crippen LogP) is 2.17. The van der Waals surface area contributed by atoms with Gasteiger partial charge in [-0.2, -0.15) is 0 Å². The van der Waals surface area contributed by atoms with Crippen molar-refractivity contribution in [1.82, 2.24) is 0 Å². The Kier molecular flexibility index (Phi) is 2.65. The van der Waals surface area contributed by atoms with Crippen LogP contribution in [0.5, 0.6) is 0 Å². The van der Waals surface area contributed by atoms with Crippen LogP contribution in [0.2, 0.25) is 0 Å². The van der Waals surface area contributed by atoms with Crippen molar-refractivity contribution in [1.29, 1.82) is 0 Å². The van der Waals surface area contributed by atoms with Crippen molar-refractivity contribution in [2.24, 2.45) is 5.92 Å². The molecule has 0 saturated heterocycles. The van der Waals surface area contributed by atoms with Crippen LogP contribution in [0.15, 0.2) is 24.3 Å². The molecule has 1 nitrogen and oxygen atoms in total. The Morgan fingerprint density at radius 3 is 2.77 bits per heavy atom. The van der Waals surface area contributed by atoms with Gasteiger partial charge in [0, 0.05) is 6.61 Å². The number of fused-ring (bicyclic) bond motifs is 1. The van der Waals surface area contributed by atoms with Crippen LogP contribution in [0.4, 0.5) is 0 Å². The average molecular weight is 176 g/mol. The normalized spacial score (nSPS) is 21.2. The molecular weight excluding hydrogens is 160 g/mol. The maximum Gasteiger partial charge on any atom is 0.0433 e. The zero-order chi connectivity index (χ0) is 9.10. The molecule has 70 valence electrons. The second kappa shape index (κ2) is 3.93. The van der Waals surface area contributed by atoms with Crippen molar-refractivity contribution >= 4 is 0 Å². The zero-order valence-electron chi connectivity index (χ0n) is 7.87. The van der Waals surface area contributed by atoms with Gasteiger partial charge in [-0.05, 0) is 42.7 Å². The van der Waals surface area contributed by atoms with E-state index in [0.717, 1.165) is 12.8 Å². The SMILES string of the molecule is OCC[C@H]1CCc2ccccc2C1. The highest BCUT2D eigenvalue weighted by Crippen LogP contribution is 2.26. The first-order valence-electron chi connectivity index (χ1n) is 5.08. The fraction of sp³-hybridized carbons (Fsp3) is 0.500. The third kappa shape index (κ3) is 1.92. The van der Waals surface area contributed by atoms with Crippen molar-refractivity contribution in [3.05, 3.63) is 35.4 Å². The summed E-state index contributed by atoms with van der Waals surface area (Å²) in [5.41, 5.74) is 3.00. The molecule has 1 aliphatic carbocycles. The van der Waals surface area contributed by atoms with Crippen molar-refractivity contribution in [2.45, 2.75) is 25.7 Å². The zero-order valence-corrected chi connectivity index (χ0v) is 7.87. The first-order chi connectivity index (χ1) is 6.40. The lowest BCUT2D eigenvalue weighted by atomic mass is 9.82. The molecule has 1 aromatic rings. The van der Waals surface area contributed by atoms with Crippen LogP contribution in [0.3, 0.4) is 0 Å². The summed E-state index contributed by atoms with van der Waals surface area (Å²) in [5.74, 6) is 0.708. The molecule has 0 unspecified atom stereocenters. The third-order valence-electron chi connectivity index (χ3n) is 2.99. The monoisotopic (exact) mass is 176 g/mol. The number of aliphatic hydroxyl groups is 1. The fourth-order valence-electron chi connectivity index (χ4n) is 2.20. The summed E-state index contributed by atoms with van der Waals surface area (Å²) in [7, 11) is 0. The molecule has 0 radical (unpaired) electrons. The number of hydrogen-bond donors (Lipinski definition) is 1. The van der Waals surface area contributed by atoms with Gasteiger partial charge in [0.1, 0.15) is 0 Å². The molecule has 0 spiro atoms. The number of benzene rings is 1. The molecule has 13 heavy (non-hydrogen) atoms. The van der Waals surface area contributed by atoms with E-state index in [1.165, 1.54) is 24.0 Å². The minimum Gasteiger partial charge on any atom is -0.396 e. The highest BCUT2D eigenvalue weighted by molar-refractivity contribution is 5.29. The van der Waals surface area contributed by atoms with E-state index < -0.39 is 0 Å². The Morgan fingerprint density at radius 1 is 1.23 bits per heavy atom. The van der Waals surface area contributed by atoms with Gasteiger partial charge < -0.3 is 5.11 Å². The minimum absolute atomic E-state index is 0.340. The molecule has 1 atom stereocenters. The highest BCUT2D eigenvalue weighted by Gasteiger charge is 2.16. The summed E-state index contributed by atoms with van der Waals surface area (Å²) in [6.45, 7) is 0.340. The molecule has 0 saturated carbocycles. The second-order valence-electron chi connectivity index (χ2n) is 3.89. The maximum atomic E-state index is 8.87. The van der Waals surface area contributed by atoms with E-state index in [1.54, 1.807) is 0 Å². The number of aryl methyl sites for hydroxylation is 1. The Labute approximate surface area is 79.4 Å². The molecule has 1 heteroatoms. The predicted molar refractivity (Wildman–Crippen MR) is 53.7 cm³/mol. The van der Waals surface area contributed by atoms with Crippen LogP contribution in [-0.2, 0) is 12.8 Å². The van der Waals surface area contributed by atoms with Crippen LogP contribution in [0.1, 0.15) is 24.0 Å². The van der Waals surface area contributed by atoms with Gasteiger partial charge in [0.25, 0.3) is 0 Å². The summed E-state index contributed by atoms with van der Waals surface area (Å²) in [4.78, 5) is 0. The summed E-state index contributed by atoms with van der Waals surface area (Å²) in [6.07, 6.45) is 4.57. The number of rotatable bonds is 2. The molecular formula is C12H16O. The van der Waals surface area contributed by atoms with Crippen LogP contribution >= 0.6 is 0 Å². The summed E-state index contributed by atoms with van der Waals surface area (Å²) in [5, 5.41) is 8.87. The lowest BCUT2D eigenvalue weighted by Crippen LogP contribution is -2.15. The van der Waals surface area contributed by atoms with Crippen LogP contribution in [-0.4, -0.2) is 11.7 Å². The van der Waals surface area contributed by atoms with Gasteiger partial charge in [0.15, 0.2) is 0 Å². The van der Waals surface area contributed by atoms with E-state index in [4.69, 9.17) is 5.11 Å². The van der Waals surface area contributed by atoms with E-state index >= 15 is 0 Å². The lowest BCUT2D eigenvalue weighted by Gasteiger charge is -2.23. The summed E-state index contributed by atoms with van der Waals surface area (Å²) >= 11 is 0. The highest BCUT2D eigenvalue weighted by atomic mass is 16.3. The Hall–Kier alpha value is -0.820. The summed E-state index contributed by atoms with van der Waals surface area (Å²) < 4.78 is 0. The Bertz CT molecular complexity index is 280. The van der Waals surface area contributed by atoms with E-state index in [1.807, 2.05) is 0 Å². The largest absolute Gasteiger partial charge is 0.396 e. The second-order valence-corrected chi connectivity index (χ2v) is 3.89. The van der Waals surface area contributed by atoms with Crippen molar-refractivity contribution in [3.63, 3.8) is 0 Å². The Morgan fingerprint density at radius 2 is 2.00 bits per heavy atom. The molecule has 0 aliphatic heterocycles. The van der Waals surface area contributed by atoms with Crippen molar-refractivity contribution in [3.8, 4) is 0 Å². The van der Waals surface area contributed by atoms with Gasteiger partial charge >= 0.3 is 0 Å². The molecule has 0 heterocycles. The molecule has 0 aromatic heterocycles. The van der Waals surface area contributed by atoms with E-state index in [0.29, 0.717) is 12.5 Å². The summed E-state index contributed by atoms with van der Waals surface area (Å²) in [6, 6.07) is 8.68. The quantitative estimate of drug-likeness (QED) is 0.732. The van der Waals surface area contributed by atoms with Crippen LogP contribution in [0, 0.1) is 5.92 Å². The number of hydrogen-bond acceptors (Lipinski definition) is 1. The van der Waals surface area contributed by atoms with Gasteiger partial charge in [0.05, 0.1) is 0 Å². The molecule has 0 fully saturated rings. The van der Waals surface area contributed by atoms with Crippen LogP contribution in [0.25, 0.3) is 0 Å².